The van der Waals surface area contributed by atoms with Crippen molar-refractivity contribution in [1.29, 1.82) is 0 Å². The fourth-order valence-corrected chi connectivity index (χ4v) is 3.34. The van der Waals surface area contributed by atoms with Crippen LogP contribution < -0.4 is 15.5 Å². The smallest absolute Gasteiger partial charge is 0.414 e. The summed E-state index contributed by atoms with van der Waals surface area (Å²) in [7, 11) is 0. The third-order valence-electron chi connectivity index (χ3n) is 4.97. The number of halogens is 1. The van der Waals surface area contributed by atoms with E-state index in [0.29, 0.717) is 29.9 Å². The lowest BCUT2D eigenvalue weighted by Crippen LogP contribution is -2.33. The summed E-state index contributed by atoms with van der Waals surface area (Å²) in [5.41, 5.74) is 3.15. The van der Waals surface area contributed by atoms with Crippen molar-refractivity contribution in [2.24, 2.45) is 0 Å². The van der Waals surface area contributed by atoms with Gasteiger partial charge >= 0.3 is 6.09 Å². The van der Waals surface area contributed by atoms with Crippen LogP contribution in [0.1, 0.15) is 18.2 Å². The van der Waals surface area contributed by atoms with Gasteiger partial charge in [0.25, 0.3) is 0 Å². The fraction of sp³-hybridized carbons (Fsp3) is 0.273. The summed E-state index contributed by atoms with van der Waals surface area (Å²) in [5.74, 6) is -0.679. The highest BCUT2D eigenvalue weighted by Gasteiger charge is 2.32. The Labute approximate surface area is 183 Å². The van der Waals surface area contributed by atoms with Gasteiger partial charge in [-0.15, -0.1) is 0 Å². The van der Waals surface area contributed by atoms with Crippen molar-refractivity contribution in [3.63, 3.8) is 0 Å². The van der Waals surface area contributed by atoms with Crippen LogP contribution >= 0.6 is 0 Å². The molecule has 32 heavy (non-hydrogen) atoms. The molecule has 0 bridgehead atoms. The van der Waals surface area contributed by atoms with Gasteiger partial charge in [-0.2, -0.15) is 0 Å². The molecule has 2 N–H and O–H groups in total. The standard InChI is InChI=1S/C22H22FN5O4/c1-14(29)25-11-19-12-28(22(30)32-19)18-4-5-20(21(23)6-18)16-2-3-17(26-9-16)10-24-7-15-8-27-31-13-15/h2-6,8-9,13,19,24H,7,10-12H2,1H3,(H,25,29). The molecule has 1 atom stereocenters. The molecule has 1 aliphatic heterocycles. The molecule has 1 unspecified atom stereocenters. The van der Waals surface area contributed by atoms with Crippen molar-refractivity contribution in [3.8, 4) is 11.1 Å². The lowest BCUT2D eigenvalue weighted by atomic mass is 10.1. The zero-order valence-corrected chi connectivity index (χ0v) is 17.4. The van der Waals surface area contributed by atoms with E-state index in [0.717, 1.165) is 11.3 Å². The van der Waals surface area contributed by atoms with Gasteiger partial charge in [0, 0.05) is 42.9 Å². The van der Waals surface area contributed by atoms with Gasteiger partial charge in [0.05, 0.1) is 30.7 Å². The van der Waals surface area contributed by atoms with E-state index in [2.05, 4.69) is 20.8 Å². The maximum Gasteiger partial charge on any atom is 0.414 e. The van der Waals surface area contributed by atoms with Crippen LogP contribution in [0.3, 0.4) is 0 Å². The number of carbonyl (C=O) groups excluding carboxylic acids is 2. The van der Waals surface area contributed by atoms with Crippen molar-refractivity contribution in [2.75, 3.05) is 18.0 Å². The van der Waals surface area contributed by atoms with E-state index in [9.17, 15) is 14.0 Å². The minimum absolute atomic E-state index is 0.208. The van der Waals surface area contributed by atoms with E-state index in [1.807, 2.05) is 6.07 Å². The Kier molecular flexibility index (Phi) is 6.41. The lowest BCUT2D eigenvalue weighted by molar-refractivity contribution is -0.119. The number of rotatable bonds is 8. The molecule has 0 saturated carbocycles. The number of nitrogens with one attached hydrogen (secondary N) is 2. The first-order chi connectivity index (χ1) is 15.5. The monoisotopic (exact) mass is 439 g/mol. The number of amides is 2. The van der Waals surface area contributed by atoms with E-state index < -0.39 is 18.0 Å². The van der Waals surface area contributed by atoms with Crippen LogP contribution in [-0.4, -0.2) is 41.3 Å². The van der Waals surface area contributed by atoms with E-state index in [1.165, 1.54) is 17.9 Å². The Bertz CT molecular complexity index is 1090. The summed E-state index contributed by atoms with van der Waals surface area (Å²) < 4.78 is 24.8. The first-order valence-electron chi connectivity index (χ1n) is 10.1. The number of carbonyl (C=O) groups is 2. The van der Waals surface area contributed by atoms with Crippen LogP contribution in [0.5, 0.6) is 0 Å². The van der Waals surface area contributed by atoms with Crippen LogP contribution in [0.15, 0.2) is 53.5 Å². The zero-order valence-electron chi connectivity index (χ0n) is 17.4. The molecule has 1 aliphatic rings. The zero-order chi connectivity index (χ0) is 22.5. The second-order valence-corrected chi connectivity index (χ2v) is 7.39. The van der Waals surface area contributed by atoms with Crippen molar-refractivity contribution in [1.82, 2.24) is 20.8 Å². The van der Waals surface area contributed by atoms with Crippen LogP contribution in [0, 0.1) is 5.82 Å². The summed E-state index contributed by atoms with van der Waals surface area (Å²) >= 11 is 0. The molecule has 3 aromatic rings. The molecule has 0 aliphatic carbocycles. The minimum Gasteiger partial charge on any atom is -0.442 e. The number of benzene rings is 1. The number of aromatic nitrogens is 2. The number of pyridine rings is 1. The quantitative estimate of drug-likeness (QED) is 0.555. The van der Waals surface area contributed by atoms with E-state index in [-0.39, 0.29) is 19.0 Å². The lowest BCUT2D eigenvalue weighted by Gasteiger charge is -2.14. The number of anilines is 1. The van der Waals surface area contributed by atoms with E-state index >= 15 is 0 Å². The number of hydrogen-bond acceptors (Lipinski definition) is 7. The van der Waals surface area contributed by atoms with Gasteiger partial charge in [-0.3, -0.25) is 14.7 Å². The summed E-state index contributed by atoms with van der Waals surface area (Å²) in [6.07, 6.45) is 3.77. The van der Waals surface area contributed by atoms with Crippen LogP contribution in [0.25, 0.3) is 11.1 Å². The number of cyclic esters (lactones) is 1. The Morgan fingerprint density at radius 1 is 1.25 bits per heavy atom. The Morgan fingerprint density at radius 3 is 2.81 bits per heavy atom. The molecular weight excluding hydrogens is 417 g/mol. The molecule has 166 valence electrons. The summed E-state index contributed by atoms with van der Waals surface area (Å²) in [6.45, 7) is 2.98. The number of ether oxygens (including phenoxy) is 1. The Hall–Kier alpha value is -3.79. The van der Waals surface area contributed by atoms with E-state index in [1.54, 1.807) is 36.9 Å². The third kappa shape index (κ3) is 5.09. The highest BCUT2D eigenvalue weighted by Crippen LogP contribution is 2.28. The van der Waals surface area contributed by atoms with E-state index in [4.69, 9.17) is 9.26 Å². The predicted octanol–water partition coefficient (Wildman–Crippen LogP) is 2.63. The van der Waals surface area contributed by atoms with Crippen LogP contribution in [0.4, 0.5) is 14.9 Å². The van der Waals surface area contributed by atoms with Gasteiger partial charge in [-0.25, -0.2) is 9.18 Å². The molecule has 9 nitrogen and oxygen atoms in total. The fourth-order valence-electron chi connectivity index (χ4n) is 3.34. The average Bonchev–Trinajstić information content (AvgIpc) is 3.42. The first-order valence-corrected chi connectivity index (χ1v) is 10.1. The first kappa shape index (κ1) is 21.4. The third-order valence-corrected chi connectivity index (χ3v) is 4.97. The summed E-state index contributed by atoms with van der Waals surface area (Å²) in [5, 5.41) is 9.48. The van der Waals surface area contributed by atoms with Gasteiger partial charge < -0.3 is 19.9 Å². The topological polar surface area (TPSA) is 110 Å². The number of nitrogens with zero attached hydrogens (tertiary/aromatic N) is 3. The normalized spacial score (nSPS) is 15.6. The summed E-state index contributed by atoms with van der Waals surface area (Å²) in [4.78, 5) is 28.9. The highest BCUT2D eigenvalue weighted by molar-refractivity contribution is 5.90. The van der Waals surface area contributed by atoms with Crippen molar-refractivity contribution in [2.45, 2.75) is 26.1 Å². The molecule has 4 rings (SSSR count). The van der Waals surface area contributed by atoms with Crippen LogP contribution in [-0.2, 0) is 22.6 Å². The van der Waals surface area contributed by atoms with Crippen molar-refractivity contribution in [3.05, 3.63) is 66.1 Å². The van der Waals surface area contributed by atoms with Gasteiger partial charge in [0.2, 0.25) is 5.91 Å². The molecule has 3 heterocycles. The van der Waals surface area contributed by atoms with Gasteiger partial charge in [-0.05, 0) is 24.3 Å². The maximum absolute atomic E-state index is 14.8. The predicted molar refractivity (Wildman–Crippen MR) is 113 cm³/mol. The summed E-state index contributed by atoms with van der Waals surface area (Å²) in [6, 6.07) is 8.20. The Balaban J connectivity index is 1.38. The molecule has 10 heteroatoms. The van der Waals surface area contributed by atoms with Gasteiger partial charge in [0.1, 0.15) is 18.2 Å². The largest absolute Gasteiger partial charge is 0.442 e. The molecule has 1 saturated heterocycles. The Morgan fingerprint density at radius 2 is 2.12 bits per heavy atom. The van der Waals surface area contributed by atoms with Gasteiger partial charge in [0.15, 0.2) is 0 Å². The molecule has 2 aromatic heterocycles. The van der Waals surface area contributed by atoms with Crippen molar-refractivity contribution >= 4 is 17.7 Å². The van der Waals surface area contributed by atoms with Crippen LogP contribution in [0.2, 0.25) is 0 Å². The number of hydrogen-bond donors (Lipinski definition) is 2. The molecule has 1 fully saturated rings. The van der Waals surface area contributed by atoms with Gasteiger partial charge in [-0.1, -0.05) is 11.2 Å². The molecule has 0 radical (unpaired) electrons. The molecule has 0 spiro atoms. The second-order valence-electron chi connectivity index (χ2n) is 7.39. The molecule has 2 amide bonds. The maximum atomic E-state index is 14.8. The second kappa shape index (κ2) is 9.56. The minimum atomic E-state index is -0.572. The SMILES string of the molecule is CC(=O)NCC1CN(c2ccc(-c3ccc(CNCc4cnoc4)nc3)c(F)c2)C(=O)O1. The highest BCUT2D eigenvalue weighted by atomic mass is 19.1. The average molecular weight is 439 g/mol. The molecule has 1 aromatic carbocycles. The van der Waals surface area contributed by atoms with Crippen molar-refractivity contribution < 1.29 is 23.2 Å². The molecular formula is C22H22FN5O4.